The highest BCUT2D eigenvalue weighted by Crippen LogP contribution is 2.33. The molecule has 2 aromatic rings. The third kappa shape index (κ3) is 7.70. The number of hydrogen-bond acceptors (Lipinski definition) is 8. The number of carbonyl (C=O) groups is 2. The molecule has 0 spiro atoms. The summed E-state index contributed by atoms with van der Waals surface area (Å²) in [6.45, 7) is 13.7. The Kier molecular flexibility index (Phi) is 9.62. The Labute approximate surface area is 205 Å². The van der Waals surface area contributed by atoms with Gasteiger partial charge < -0.3 is 29.2 Å². The Morgan fingerprint density at radius 1 is 0.743 bits per heavy atom. The standard InChI is InChI=1S/C27H32O8/c1-7-23(30)34-25(17(3)28)32-21-13-9-19(10-14-21)27(5,6)20-11-15-22(16-12-20)33-26(18(4)29)35-24(31)8-2/h7-18,25-26,28-29H,1-2H2,3-6H3. The van der Waals surface area contributed by atoms with Gasteiger partial charge in [0.15, 0.2) is 0 Å². The first-order valence-corrected chi connectivity index (χ1v) is 11.0. The fraction of sp³-hybridized carbons (Fsp3) is 0.333. The molecule has 0 saturated carbocycles. The minimum atomic E-state index is -1.16. The van der Waals surface area contributed by atoms with Crippen molar-refractivity contribution in [1.29, 1.82) is 0 Å². The van der Waals surface area contributed by atoms with E-state index in [4.69, 9.17) is 18.9 Å². The average Bonchev–Trinajstić information content (AvgIpc) is 2.83. The summed E-state index contributed by atoms with van der Waals surface area (Å²) in [5.74, 6) is -0.539. The molecular weight excluding hydrogens is 452 g/mol. The maximum absolute atomic E-state index is 11.5. The number of aliphatic hydroxyl groups is 2. The lowest BCUT2D eigenvalue weighted by Gasteiger charge is -2.27. The smallest absolute Gasteiger partial charge is 0.333 e. The van der Waals surface area contributed by atoms with Crippen LogP contribution in [0.3, 0.4) is 0 Å². The maximum atomic E-state index is 11.5. The van der Waals surface area contributed by atoms with Crippen molar-refractivity contribution in [3.8, 4) is 11.5 Å². The third-order valence-corrected chi connectivity index (χ3v) is 5.24. The zero-order valence-corrected chi connectivity index (χ0v) is 20.3. The minimum absolute atomic E-state index is 0.394. The Hall–Kier alpha value is -3.62. The van der Waals surface area contributed by atoms with Crippen molar-refractivity contribution in [3.63, 3.8) is 0 Å². The van der Waals surface area contributed by atoms with Crippen LogP contribution in [0, 0.1) is 0 Å². The molecule has 4 atom stereocenters. The molecule has 0 aromatic heterocycles. The molecule has 0 saturated heterocycles. The Morgan fingerprint density at radius 2 is 1.06 bits per heavy atom. The van der Waals surface area contributed by atoms with Crippen molar-refractivity contribution in [2.45, 2.75) is 57.9 Å². The molecule has 2 rings (SSSR count). The highest BCUT2D eigenvalue weighted by Gasteiger charge is 2.25. The van der Waals surface area contributed by atoms with E-state index in [1.165, 1.54) is 13.8 Å². The van der Waals surface area contributed by atoms with Gasteiger partial charge in [0.05, 0.1) is 0 Å². The van der Waals surface area contributed by atoms with Crippen molar-refractivity contribution in [1.82, 2.24) is 0 Å². The monoisotopic (exact) mass is 484 g/mol. The van der Waals surface area contributed by atoms with E-state index in [9.17, 15) is 19.8 Å². The largest absolute Gasteiger partial charge is 0.452 e. The van der Waals surface area contributed by atoms with E-state index in [0.29, 0.717) is 11.5 Å². The molecule has 0 radical (unpaired) electrons. The molecule has 35 heavy (non-hydrogen) atoms. The predicted molar refractivity (Wildman–Crippen MR) is 130 cm³/mol. The van der Waals surface area contributed by atoms with Crippen molar-refractivity contribution >= 4 is 11.9 Å². The van der Waals surface area contributed by atoms with Gasteiger partial charge in [0.25, 0.3) is 12.6 Å². The lowest BCUT2D eigenvalue weighted by atomic mass is 9.78. The number of ether oxygens (including phenoxy) is 4. The van der Waals surface area contributed by atoms with E-state index in [1.807, 2.05) is 38.1 Å². The van der Waals surface area contributed by atoms with Gasteiger partial charge in [-0.15, -0.1) is 0 Å². The molecule has 0 aliphatic heterocycles. The van der Waals surface area contributed by atoms with Crippen LogP contribution >= 0.6 is 0 Å². The fourth-order valence-corrected chi connectivity index (χ4v) is 3.10. The van der Waals surface area contributed by atoms with Gasteiger partial charge in [0.2, 0.25) is 0 Å². The molecule has 8 nitrogen and oxygen atoms in total. The van der Waals surface area contributed by atoms with Crippen LogP contribution in [0.25, 0.3) is 0 Å². The number of rotatable bonds is 12. The SMILES string of the molecule is C=CC(=O)OC(Oc1ccc(C(C)(C)c2ccc(OC(OC(=O)C=C)C(C)O)cc2)cc1)C(C)O. The molecule has 0 aliphatic carbocycles. The molecule has 2 N–H and O–H groups in total. The molecule has 188 valence electrons. The van der Waals surface area contributed by atoms with Gasteiger partial charge in [0.1, 0.15) is 23.7 Å². The van der Waals surface area contributed by atoms with Crippen LogP contribution in [0.1, 0.15) is 38.8 Å². The van der Waals surface area contributed by atoms with Crippen LogP contribution in [-0.2, 0) is 24.5 Å². The summed E-state index contributed by atoms with van der Waals surface area (Å²) < 4.78 is 21.3. The zero-order chi connectivity index (χ0) is 26.2. The molecule has 2 aromatic carbocycles. The van der Waals surface area contributed by atoms with E-state index in [1.54, 1.807) is 24.3 Å². The predicted octanol–water partition coefficient (Wildman–Crippen LogP) is 3.64. The lowest BCUT2D eigenvalue weighted by molar-refractivity contribution is -0.172. The van der Waals surface area contributed by atoms with E-state index in [0.717, 1.165) is 23.3 Å². The van der Waals surface area contributed by atoms with Crippen LogP contribution in [0.4, 0.5) is 0 Å². The highest BCUT2D eigenvalue weighted by atomic mass is 16.7. The molecule has 0 amide bonds. The Bertz CT molecular complexity index is 925. The summed E-state index contributed by atoms with van der Waals surface area (Å²) in [6.07, 6.45) is -2.40. The van der Waals surface area contributed by atoms with Crippen LogP contribution in [-0.4, -0.2) is 46.9 Å². The van der Waals surface area contributed by atoms with Crippen LogP contribution in [0.15, 0.2) is 73.8 Å². The van der Waals surface area contributed by atoms with Gasteiger partial charge >= 0.3 is 11.9 Å². The van der Waals surface area contributed by atoms with E-state index < -0.39 is 42.1 Å². The van der Waals surface area contributed by atoms with E-state index in [2.05, 4.69) is 13.2 Å². The first kappa shape index (κ1) is 27.6. The number of hydrogen-bond donors (Lipinski definition) is 2. The van der Waals surface area contributed by atoms with Crippen molar-refractivity contribution in [2.24, 2.45) is 0 Å². The molecule has 0 aliphatic rings. The van der Waals surface area contributed by atoms with Gasteiger partial charge in [-0.1, -0.05) is 51.3 Å². The topological polar surface area (TPSA) is 112 Å². The van der Waals surface area contributed by atoms with Crippen molar-refractivity contribution in [3.05, 3.63) is 85.0 Å². The zero-order valence-electron chi connectivity index (χ0n) is 20.3. The maximum Gasteiger partial charge on any atom is 0.333 e. The molecule has 0 bridgehead atoms. The van der Waals surface area contributed by atoms with Crippen molar-refractivity contribution in [2.75, 3.05) is 0 Å². The number of carbonyl (C=O) groups excluding carboxylic acids is 2. The Morgan fingerprint density at radius 3 is 1.31 bits per heavy atom. The van der Waals surface area contributed by atoms with Crippen LogP contribution in [0.5, 0.6) is 11.5 Å². The van der Waals surface area contributed by atoms with Crippen LogP contribution < -0.4 is 9.47 Å². The molecule has 8 heteroatoms. The molecular formula is C27H32O8. The third-order valence-electron chi connectivity index (χ3n) is 5.24. The molecule has 4 unspecified atom stereocenters. The van der Waals surface area contributed by atoms with E-state index >= 15 is 0 Å². The first-order chi connectivity index (χ1) is 16.5. The van der Waals surface area contributed by atoms with Gasteiger partial charge in [-0.3, -0.25) is 0 Å². The average molecular weight is 485 g/mol. The second-order valence-electron chi connectivity index (χ2n) is 8.41. The first-order valence-electron chi connectivity index (χ1n) is 11.0. The normalized spacial score (nSPS) is 14.6. The second kappa shape index (κ2) is 12.2. The summed E-state index contributed by atoms with van der Waals surface area (Å²) in [7, 11) is 0. The molecule has 0 fully saturated rings. The number of benzene rings is 2. The van der Waals surface area contributed by atoms with Gasteiger partial charge in [0, 0.05) is 17.6 Å². The summed E-state index contributed by atoms with van der Waals surface area (Å²) in [6, 6.07) is 14.4. The van der Waals surface area contributed by atoms with Gasteiger partial charge in [-0.2, -0.15) is 0 Å². The van der Waals surface area contributed by atoms with Crippen molar-refractivity contribution < 1.29 is 38.7 Å². The Balaban J connectivity index is 2.14. The lowest BCUT2D eigenvalue weighted by Crippen LogP contribution is -2.34. The second-order valence-corrected chi connectivity index (χ2v) is 8.41. The number of aliphatic hydroxyl groups excluding tert-OH is 2. The quantitative estimate of drug-likeness (QED) is 0.267. The van der Waals surface area contributed by atoms with Gasteiger partial charge in [-0.25, -0.2) is 9.59 Å². The van der Waals surface area contributed by atoms with Crippen LogP contribution in [0.2, 0.25) is 0 Å². The fourth-order valence-electron chi connectivity index (χ4n) is 3.10. The summed E-state index contributed by atoms with van der Waals surface area (Å²) in [5.41, 5.74) is 1.57. The highest BCUT2D eigenvalue weighted by molar-refractivity contribution is 5.81. The van der Waals surface area contributed by atoms with Gasteiger partial charge in [-0.05, 0) is 49.2 Å². The van der Waals surface area contributed by atoms with E-state index in [-0.39, 0.29) is 0 Å². The molecule has 0 heterocycles. The summed E-state index contributed by atoms with van der Waals surface area (Å²) in [5, 5.41) is 19.6. The summed E-state index contributed by atoms with van der Waals surface area (Å²) in [4.78, 5) is 22.9. The summed E-state index contributed by atoms with van der Waals surface area (Å²) >= 11 is 0. The minimum Gasteiger partial charge on any atom is -0.452 e. The number of esters is 2.